The van der Waals surface area contributed by atoms with Crippen LogP contribution in [0.5, 0.6) is 0 Å². The van der Waals surface area contributed by atoms with E-state index >= 15 is 0 Å². The number of esters is 1. The summed E-state index contributed by atoms with van der Waals surface area (Å²) in [5.74, 6) is -0.253. The predicted molar refractivity (Wildman–Crippen MR) is 58.1 cm³/mol. The molecule has 1 atom stereocenters. The van der Waals surface area contributed by atoms with Crippen molar-refractivity contribution in [3.8, 4) is 0 Å². The maximum Gasteiger partial charge on any atom is 0.333 e. The van der Waals surface area contributed by atoms with Crippen molar-refractivity contribution in [3.63, 3.8) is 0 Å². The summed E-state index contributed by atoms with van der Waals surface area (Å²) in [6, 6.07) is 0.150. The molecular weight excluding hydrogens is 178 g/mol. The van der Waals surface area contributed by atoms with Crippen LogP contribution < -0.4 is 5.32 Å². The van der Waals surface area contributed by atoms with Crippen molar-refractivity contribution < 1.29 is 9.53 Å². The third-order valence-corrected chi connectivity index (χ3v) is 1.84. The third-order valence-electron chi connectivity index (χ3n) is 1.84. The Labute approximate surface area is 85.8 Å². The summed E-state index contributed by atoms with van der Waals surface area (Å²) < 4.78 is 4.87. The average Bonchev–Trinajstić information content (AvgIpc) is 2.17. The number of hydrogen-bond acceptors (Lipinski definition) is 3. The van der Waals surface area contributed by atoms with Gasteiger partial charge >= 0.3 is 5.97 Å². The Bertz CT molecular complexity index is 221. The van der Waals surface area contributed by atoms with Crippen LogP contribution in [-0.2, 0) is 9.53 Å². The van der Waals surface area contributed by atoms with Crippen LogP contribution in [0.15, 0.2) is 24.3 Å². The fourth-order valence-electron chi connectivity index (χ4n) is 1.06. The number of nitrogens with one attached hydrogen (secondary N) is 1. The van der Waals surface area contributed by atoms with Gasteiger partial charge in [0.15, 0.2) is 0 Å². The highest BCUT2D eigenvalue weighted by Crippen LogP contribution is 2.02. The van der Waals surface area contributed by atoms with Gasteiger partial charge < -0.3 is 10.1 Å². The highest BCUT2D eigenvalue weighted by Gasteiger charge is 2.07. The first-order chi connectivity index (χ1) is 6.65. The van der Waals surface area contributed by atoms with Crippen LogP contribution in [0, 0.1) is 0 Å². The van der Waals surface area contributed by atoms with Crippen LogP contribution in [0.3, 0.4) is 0 Å². The number of likely N-dealkylation sites (N-methyl/N-ethyl adjacent to an activating group) is 1. The van der Waals surface area contributed by atoms with Crippen molar-refractivity contribution in [1.82, 2.24) is 5.32 Å². The largest absolute Gasteiger partial charge is 0.463 e. The Morgan fingerprint density at radius 2 is 2.29 bits per heavy atom. The lowest BCUT2D eigenvalue weighted by Gasteiger charge is -2.10. The van der Waals surface area contributed by atoms with Crippen molar-refractivity contribution in [1.29, 1.82) is 0 Å². The van der Waals surface area contributed by atoms with Crippen molar-refractivity contribution in [3.05, 3.63) is 24.3 Å². The van der Waals surface area contributed by atoms with Crippen LogP contribution >= 0.6 is 0 Å². The van der Waals surface area contributed by atoms with Crippen molar-refractivity contribution in [2.45, 2.75) is 26.3 Å². The minimum atomic E-state index is -0.253. The Morgan fingerprint density at radius 1 is 1.64 bits per heavy atom. The topological polar surface area (TPSA) is 38.3 Å². The van der Waals surface area contributed by atoms with E-state index in [1.165, 1.54) is 0 Å². The summed E-state index contributed by atoms with van der Waals surface area (Å²) in [6.07, 6.45) is 4.48. The molecule has 0 aromatic carbocycles. The van der Waals surface area contributed by atoms with Crippen molar-refractivity contribution >= 4 is 5.97 Å². The molecule has 0 unspecified atom stereocenters. The highest BCUT2D eigenvalue weighted by atomic mass is 16.5. The normalized spacial score (nSPS) is 13.5. The van der Waals surface area contributed by atoms with Gasteiger partial charge in [0.2, 0.25) is 0 Å². The molecule has 0 radical (unpaired) electrons. The van der Waals surface area contributed by atoms with Crippen molar-refractivity contribution in [2.24, 2.45) is 0 Å². The van der Waals surface area contributed by atoms with E-state index in [-0.39, 0.29) is 12.0 Å². The van der Waals surface area contributed by atoms with Gasteiger partial charge in [-0.1, -0.05) is 12.2 Å². The summed E-state index contributed by atoms with van der Waals surface area (Å²) in [5, 5.41) is 3.08. The van der Waals surface area contributed by atoms with Gasteiger partial charge in [-0.25, -0.2) is 4.79 Å². The van der Waals surface area contributed by atoms with E-state index in [4.69, 9.17) is 4.74 Å². The van der Waals surface area contributed by atoms with E-state index < -0.39 is 0 Å². The van der Waals surface area contributed by atoms with Crippen LogP contribution in [0.4, 0.5) is 0 Å². The summed E-state index contributed by atoms with van der Waals surface area (Å²) >= 11 is 0. The minimum Gasteiger partial charge on any atom is -0.463 e. The fourth-order valence-corrected chi connectivity index (χ4v) is 1.06. The van der Waals surface area contributed by atoms with E-state index in [1.807, 2.05) is 19.2 Å². The molecule has 0 aromatic heterocycles. The number of hydrogen-bond donors (Lipinski definition) is 1. The molecule has 0 bridgehead atoms. The second kappa shape index (κ2) is 7.33. The molecule has 0 saturated heterocycles. The van der Waals surface area contributed by atoms with Gasteiger partial charge in [-0.15, -0.1) is 6.58 Å². The van der Waals surface area contributed by atoms with E-state index in [0.29, 0.717) is 12.2 Å². The Morgan fingerprint density at radius 3 is 2.71 bits per heavy atom. The molecule has 0 aliphatic heterocycles. The third kappa shape index (κ3) is 4.82. The van der Waals surface area contributed by atoms with Gasteiger partial charge in [0.25, 0.3) is 0 Å². The molecule has 0 aliphatic carbocycles. The second-order valence-corrected chi connectivity index (χ2v) is 2.99. The second-order valence-electron chi connectivity index (χ2n) is 2.99. The molecule has 14 heavy (non-hydrogen) atoms. The predicted octanol–water partition coefficient (Wildman–Crippen LogP) is 1.66. The Kier molecular flexibility index (Phi) is 6.76. The van der Waals surface area contributed by atoms with Crippen molar-refractivity contribution in [2.75, 3.05) is 13.7 Å². The Hall–Kier alpha value is -1.09. The molecule has 0 saturated carbocycles. The lowest BCUT2D eigenvalue weighted by atomic mass is 10.1. The fraction of sp³-hybridized carbons (Fsp3) is 0.545. The van der Waals surface area contributed by atoms with Crippen LogP contribution in [-0.4, -0.2) is 25.7 Å². The van der Waals surface area contributed by atoms with Gasteiger partial charge in [-0.05, 0) is 27.3 Å². The molecule has 3 nitrogen and oxygen atoms in total. The molecule has 80 valence electrons. The summed E-state index contributed by atoms with van der Waals surface area (Å²) in [6.45, 7) is 7.62. The van der Waals surface area contributed by atoms with Crippen LogP contribution in [0.2, 0.25) is 0 Å². The molecular formula is C11H19NO2. The minimum absolute atomic E-state index is 0.150. The zero-order valence-electron chi connectivity index (χ0n) is 9.17. The van der Waals surface area contributed by atoms with Gasteiger partial charge in [0.1, 0.15) is 0 Å². The van der Waals surface area contributed by atoms with Gasteiger partial charge in [0, 0.05) is 11.6 Å². The SMILES string of the molecule is C=CC[C@@H](C=C(C)C(=O)OCC)NC. The lowest BCUT2D eigenvalue weighted by Crippen LogP contribution is -2.23. The number of ether oxygens (including phenoxy) is 1. The zero-order chi connectivity index (χ0) is 11.0. The molecule has 3 heteroatoms. The summed E-state index contributed by atoms with van der Waals surface area (Å²) in [4.78, 5) is 11.3. The number of carbonyl (C=O) groups is 1. The molecule has 1 N–H and O–H groups in total. The molecule has 0 aliphatic rings. The van der Waals surface area contributed by atoms with E-state index in [9.17, 15) is 4.79 Å². The molecule has 0 aromatic rings. The molecule has 0 amide bonds. The molecule has 0 spiro atoms. The maximum absolute atomic E-state index is 11.3. The smallest absolute Gasteiger partial charge is 0.333 e. The first-order valence-electron chi connectivity index (χ1n) is 4.79. The molecule has 0 fully saturated rings. The zero-order valence-corrected chi connectivity index (χ0v) is 9.17. The van der Waals surface area contributed by atoms with E-state index in [1.54, 1.807) is 13.8 Å². The van der Waals surface area contributed by atoms with E-state index in [2.05, 4.69) is 11.9 Å². The first kappa shape index (κ1) is 12.9. The summed E-state index contributed by atoms with van der Waals surface area (Å²) in [5.41, 5.74) is 0.632. The standard InChI is InChI=1S/C11H19NO2/c1-5-7-10(12-4)8-9(3)11(13)14-6-2/h5,8,10,12H,1,6-7H2,2-4H3/t10-/m0/s1. The summed E-state index contributed by atoms with van der Waals surface area (Å²) in [7, 11) is 1.85. The Balaban J connectivity index is 4.30. The number of carbonyl (C=O) groups excluding carboxylic acids is 1. The first-order valence-corrected chi connectivity index (χ1v) is 4.79. The molecule has 0 heterocycles. The number of rotatable bonds is 6. The quantitative estimate of drug-likeness (QED) is 0.400. The highest BCUT2D eigenvalue weighted by molar-refractivity contribution is 5.87. The average molecular weight is 197 g/mol. The van der Waals surface area contributed by atoms with Gasteiger partial charge in [0.05, 0.1) is 6.61 Å². The van der Waals surface area contributed by atoms with Crippen LogP contribution in [0.1, 0.15) is 20.3 Å². The lowest BCUT2D eigenvalue weighted by molar-refractivity contribution is -0.138. The maximum atomic E-state index is 11.3. The van der Waals surface area contributed by atoms with Crippen LogP contribution in [0.25, 0.3) is 0 Å². The monoisotopic (exact) mass is 197 g/mol. The van der Waals surface area contributed by atoms with E-state index in [0.717, 1.165) is 6.42 Å². The van der Waals surface area contributed by atoms with Gasteiger partial charge in [-0.2, -0.15) is 0 Å². The van der Waals surface area contributed by atoms with Gasteiger partial charge in [-0.3, -0.25) is 0 Å². The molecule has 0 rings (SSSR count).